The Morgan fingerprint density at radius 3 is 2.30 bits per heavy atom. The van der Waals surface area contributed by atoms with Gasteiger partial charge in [-0.25, -0.2) is 9.78 Å². The van der Waals surface area contributed by atoms with Crippen molar-refractivity contribution in [2.24, 2.45) is 0 Å². The Kier molecular flexibility index (Phi) is 5.49. The molecule has 3 heterocycles. The molecule has 2 aliphatic rings. The lowest BCUT2D eigenvalue weighted by Gasteiger charge is -2.35. The molecule has 1 aromatic carbocycles. The monoisotopic (exact) mass is 469 g/mol. The summed E-state index contributed by atoms with van der Waals surface area (Å²) in [6, 6.07) is 9.57. The second-order valence-corrected chi connectivity index (χ2v) is 10.8. The van der Waals surface area contributed by atoms with E-state index in [1.807, 2.05) is 51.1 Å². The van der Waals surface area contributed by atoms with Crippen LogP contribution in [0.2, 0.25) is 0 Å². The summed E-state index contributed by atoms with van der Waals surface area (Å²) in [5.74, 6) is 0.957. The molecule has 2 unspecified atom stereocenters. The number of benzene rings is 1. The highest BCUT2D eigenvalue weighted by Gasteiger charge is 2.48. The zero-order valence-electron chi connectivity index (χ0n) is 16.8. The van der Waals surface area contributed by atoms with Crippen LogP contribution in [0.15, 0.2) is 30.3 Å². The lowest BCUT2D eigenvalue weighted by molar-refractivity contribution is 0.0214. The Bertz CT molecular complexity index is 946. The number of alkyl halides is 3. The number of carbonyl (C=O) groups excluding carboxylic acids is 1. The fourth-order valence-electron chi connectivity index (χ4n) is 3.79. The van der Waals surface area contributed by atoms with Crippen molar-refractivity contribution in [3.8, 4) is 11.4 Å². The van der Waals surface area contributed by atoms with Crippen molar-refractivity contribution in [3.05, 3.63) is 36.2 Å². The number of likely N-dealkylation sites (tertiary alicyclic amines) is 1. The number of anilines is 1. The van der Waals surface area contributed by atoms with E-state index in [1.165, 1.54) is 0 Å². The number of rotatable bonds is 2. The van der Waals surface area contributed by atoms with E-state index < -0.39 is 9.39 Å². The summed E-state index contributed by atoms with van der Waals surface area (Å²) < 4.78 is 3.76. The van der Waals surface area contributed by atoms with E-state index in [0.717, 1.165) is 12.0 Å². The fourth-order valence-corrected chi connectivity index (χ4v) is 4.05. The molecule has 30 heavy (non-hydrogen) atoms. The van der Waals surface area contributed by atoms with Gasteiger partial charge in [-0.15, -0.1) is 0 Å². The molecule has 10 heteroatoms. The summed E-state index contributed by atoms with van der Waals surface area (Å²) in [5, 5.41) is 0. The maximum absolute atomic E-state index is 12.5. The lowest BCUT2D eigenvalue weighted by atomic mass is 10.2. The van der Waals surface area contributed by atoms with E-state index in [0.29, 0.717) is 24.9 Å². The molecule has 2 bridgehead atoms. The Labute approximate surface area is 190 Å². The van der Waals surface area contributed by atoms with Crippen LogP contribution in [0.25, 0.3) is 11.4 Å². The van der Waals surface area contributed by atoms with Crippen molar-refractivity contribution in [2.45, 2.75) is 48.7 Å². The molecule has 0 N–H and O–H groups in total. The smallest absolute Gasteiger partial charge is 0.410 e. The first-order valence-corrected chi connectivity index (χ1v) is 10.8. The van der Waals surface area contributed by atoms with E-state index >= 15 is 0 Å². The van der Waals surface area contributed by atoms with Crippen molar-refractivity contribution in [1.82, 2.24) is 19.9 Å². The minimum atomic E-state index is -1.78. The zero-order chi connectivity index (χ0) is 21.7. The van der Waals surface area contributed by atoms with E-state index in [4.69, 9.17) is 39.5 Å². The first-order valence-electron chi connectivity index (χ1n) is 9.66. The minimum absolute atomic E-state index is 0.0259. The standard InChI is InChI=1S/C20H22Cl3N5O2/c1-19(2,3)30-18(29)28-11-13-9-14(28)10-27(13)17-25-15(12-7-5-4-6-8-12)24-16(26-17)20(21,22)23/h4-8,13-14H,9-11H2,1-3H3. The minimum Gasteiger partial charge on any atom is -0.444 e. The Morgan fingerprint density at radius 1 is 1.03 bits per heavy atom. The third kappa shape index (κ3) is 4.43. The summed E-state index contributed by atoms with van der Waals surface area (Å²) in [6.45, 7) is 6.70. The number of halogens is 3. The van der Waals surface area contributed by atoms with E-state index in [1.54, 1.807) is 4.90 Å². The van der Waals surface area contributed by atoms with Gasteiger partial charge < -0.3 is 14.5 Å². The van der Waals surface area contributed by atoms with Crippen LogP contribution in [-0.4, -0.2) is 56.7 Å². The highest BCUT2D eigenvalue weighted by atomic mass is 35.6. The van der Waals surface area contributed by atoms with Crippen LogP contribution in [0.4, 0.5) is 10.7 Å². The topological polar surface area (TPSA) is 71.5 Å². The molecule has 2 saturated heterocycles. The molecule has 0 radical (unpaired) electrons. The van der Waals surface area contributed by atoms with Gasteiger partial charge in [0.2, 0.25) is 9.74 Å². The first-order chi connectivity index (χ1) is 14.0. The molecular formula is C20H22Cl3N5O2. The Balaban J connectivity index is 1.61. The molecular weight excluding hydrogens is 449 g/mol. The molecule has 7 nitrogen and oxygen atoms in total. The molecule has 160 valence electrons. The normalized spacial score (nSPS) is 21.3. The summed E-state index contributed by atoms with van der Waals surface area (Å²) in [5.41, 5.74) is 0.271. The van der Waals surface area contributed by atoms with E-state index in [9.17, 15) is 4.79 Å². The van der Waals surface area contributed by atoms with Crippen LogP contribution in [0.3, 0.4) is 0 Å². The van der Waals surface area contributed by atoms with Crippen molar-refractivity contribution in [1.29, 1.82) is 0 Å². The second-order valence-electron chi connectivity index (χ2n) is 8.47. The van der Waals surface area contributed by atoms with Crippen LogP contribution in [0, 0.1) is 0 Å². The molecule has 2 atom stereocenters. The summed E-state index contributed by atoms with van der Waals surface area (Å²) >= 11 is 18.3. The first kappa shape index (κ1) is 21.4. The lowest BCUT2D eigenvalue weighted by Crippen LogP contribution is -2.50. The number of hydrogen-bond donors (Lipinski definition) is 0. The molecule has 1 amide bonds. The van der Waals surface area contributed by atoms with Gasteiger partial charge in [-0.2, -0.15) is 9.97 Å². The van der Waals surface area contributed by atoms with Gasteiger partial charge in [-0.1, -0.05) is 65.1 Å². The third-order valence-corrected chi connectivity index (χ3v) is 5.54. The number of aromatic nitrogens is 3. The van der Waals surface area contributed by atoms with Gasteiger partial charge in [0, 0.05) is 18.7 Å². The highest BCUT2D eigenvalue weighted by Crippen LogP contribution is 2.39. The van der Waals surface area contributed by atoms with Crippen molar-refractivity contribution < 1.29 is 9.53 Å². The number of piperazine rings is 1. The van der Waals surface area contributed by atoms with Crippen molar-refractivity contribution in [2.75, 3.05) is 18.0 Å². The Morgan fingerprint density at radius 2 is 1.73 bits per heavy atom. The molecule has 1 aromatic heterocycles. The van der Waals surface area contributed by atoms with Crippen LogP contribution >= 0.6 is 34.8 Å². The molecule has 0 aliphatic carbocycles. The van der Waals surface area contributed by atoms with Gasteiger partial charge in [-0.05, 0) is 27.2 Å². The quantitative estimate of drug-likeness (QED) is 0.599. The fraction of sp³-hybridized carbons (Fsp3) is 0.500. The van der Waals surface area contributed by atoms with Gasteiger partial charge in [-0.3, -0.25) is 0 Å². The van der Waals surface area contributed by atoms with Crippen LogP contribution in [0.1, 0.15) is 33.0 Å². The second kappa shape index (κ2) is 7.70. The average molecular weight is 471 g/mol. The van der Waals surface area contributed by atoms with Crippen LogP contribution in [0.5, 0.6) is 0 Å². The number of hydrogen-bond acceptors (Lipinski definition) is 6. The summed E-state index contributed by atoms with van der Waals surface area (Å²) in [7, 11) is 0. The largest absolute Gasteiger partial charge is 0.444 e. The van der Waals surface area contributed by atoms with Gasteiger partial charge in [0.15, 0.2) is 11.6 Å². The van der Waals surface area contributed by atoms with Crippen LogP contribution < -0.4 is 4.90 Å². The Hall–Kier alpha value is -1.83. The maximum atomic E-state index is 12.5. The van der Waals surface area contributed by atoms with Crippen LogP contribution in [-0.2, 0) is 8.53 Å². The number of fused-ring (bicyclic) bond motifs is 2. The molecule has 0 spiro atoms. The van der Waals surface area contributed by atoms with Gasteiger partial charge in [0.25, 0.3) is 0 Å². The zero-order valence-corrected chi connectivity index (χ0v) is 19.1. The number of ether oxygens (including phenoxy) is 1. The number of amides is 1. The highest BCUT2D eigenvalue weighted by molar-refractivity contribution is 6.66. The number of nitrogens with zero attached hydrogens (tertiary/aromatic N) is 5. The van der Waals surface area contributed by atoms with E-state index in [-0.39, 0.29) is 24.0 Å². The predicted octanol–water partition coefficient (Wildman–Crippen LogP) is 4.56. The van der Waals surface area contributed by atoms with Gasteiger partial charge in [0.05, 0.1) is 12.1 Å². The third-order valence-electron chi connectivity index (χ3n) is 5.03. The molecule has 0 saturated carbocycles. The molecule has 2 aromatic rings. The molecule has 2 aliphatic heterocycles. The van der Waals surface area contributed by atoms with E-state index in [2.05, 4.69) is 19.9 Å². The van der Waals surface area contributed by atoms with Crippen molar-refractivity contribution in [3.63, 3.8) is 0 Å². The SMILES string of the molecule is CC(C)(C)OC(=O)N1CC2CC1CN2c1nc(-c2ccccc2)nc(C(Cl)(Cl)Cl)n1. The summed E-state index contributed by atoms with van der Waals surface area (Å²) in [4.78, 5) is 29.8. The predicted molar refractivity (Wildman–Crippen MR) is 117 cm³/mol. The maximum Gasteiger partial charge on any atom is 0.410 e. The van der Waals surface area contributed by atoms with Gasteiger partial charge >= 0.3 is 6.09 Å². The summed E-state index contributed by atoms with van der Waals surface area (Å²) in [6.07, 6.45) is 0.520. The number of carbonyl (C=O) groups is 1. The molecule has 2 fully saturated rings. The average Bonchev–Trinajstić information content (AvgIpc) is 3.27. The van der Waals surface area contributed by atoms with Crippen molar-refractivity contribution >= 4 is 46.8 Å². The van der Waals surface area contributed by atoms with Gasteiger partial charge in [0.1, 0.15) is 5.60 Å². The molecule has 4 rings (SSSR count).